The molecular weight excluding hydrogens is 235 g/mol. The van der Waals surface area contributed by atoms with Gasteiger partial charge in [-0.1, -0.05) is 23.2 Å². The molecule has 82 valence electrons. The molecule has 0 aliphatic carbocycles. The van der Waals surface area contributed by atoms with E-state index in [9.17, 15) is 4.79 Å². The summed E-state index contributed by atoms with van der Waals surface area (Å²) in [6.45, 7) is 3.80. The van der Waals surface area contributed by atoms with Crippen LogP contribution in [0, 0.1) is 0 Å². The van der Waals surface area contributed by atoms with Crippen molar-refractivity contribution in [3.63, 3.8) is 0 Å². The number of Topliss-reactive ketones (excluding diaryl/α,β-unsaturated/α-hetero) is 1. The summed E-state index contributed by atoms with van der Waals surface area (Å²) in [5.41, 5.74) is 0.480. The second-order valence-corrected chi connectivity index (χ2v) is 4.31. The van der Waals surface area contributed by atoms with Crippen LogP contribution in [0.25, 0.3) is 0 Å². The van der Waals surface area contributed by atoms with Crippen molar-refractivity contribution < 1.29 is 9.53 Å². The number of ether oxygens (including phenoxy) is 1. The maximum atomic E-state index is 11.6. The van der Waals surface area contributed by atoms with Crippen LogP contribution in [0.3, 0.4) is 0 Å². The Morgan fingerprint density at radius 1 is 1.27 bits per heavy atom. The van der Waals surface area contributed by atoms with Crippen LogP contribution in [-0.2, 0) is 4.74 Å². The average molecular weight is 247 g/mol. The molecule has 15 heavy (non-hydrogen) atoms. The van der Waals surface area contributed by atoms with Gasteiger partial charge in [-0.3, -0.25) is 4.79 Å². The van der Waals surface area contributed by atoms with E-state index in [-0.39, 0.29) is 18.5 Å². The van der Waals surface area contributed by atoms with Crippen molar-refractivity contribution in [1.82, 2.24) is 0 Å². The number of benzene rings is 1. The summed E-state index contributed by atoms with van der Waals surface area (Å²) in [7, 11) is 0. The van der Waals surface area contributed by atoms with Gasteiger partial charge < -0.3 is 4.74 Å². The first-order chi connectivity index (χ1) is 6.99. The van der Waals surface area contributed by atoms with Crippen molar-refractivity contribution in [2.45, 2.75) is 20.0 Å². The number of rotatable bonds is 4. The quantitative estimate of drug-likeness (QED) is 0.760. The highest BCUT2D eigenvalue weighted by atomic mass is 35.5. The topological polar surface area (TPSA) is 26.3 Å². The summed E-state index contributed by atoms with van der Waals surface area (Å²) in [5, 5.41) is 0.908. The Kier molecular flexibility index (Phi) is 4.58. The predicted molar refractivity (Wildman–Crippen MR) is 61.9 cm³/mol. The molecule has 0 aromatic heterocycles. The minimum absolute atomic E-state index is 0.0311. The third-order valence-electron chi connectivity index (χ3n) is 1.73. The first kappa shape index (κ1) is 12.5. The second-order valence-electron chi connectivity index (χ2n) is 3.44. The molecule has 0 spiro atoms. The molecule has 1 rings (SSSR count). The van der Waals surface area contributed by atoms with Crippen molar-refractivity contribution in [3.8, 4) is 0 Å². The Labute approximate surface area is 99.1 Å². The van der Waals surface area contributed by atoms with Gasteiger partial charge in [-0.2, -0.15) is 0 Å². The van der Waals surface area contributed by atoms with E-state index in [0.29, 0.717) is 15.6 Å². The summed E-state index contributed by atoms with van der Waals surface area (Å²) in [6, 6.07) is 4.75. The first-order valence-electron chi connectivity index (χ1n) is 4.60. The van der Waals surface area contributed by atoms with Crippen molar-refractivity contribution in [3.05, 3.63) is 33.8 Å². The summed E-state index contributed by atoms with van der Waals surface area (Å²) in [4.78, 5) is 11.6. The number of hydrogen-bond acceptors (Lipinski definition) is 2. The number of hydrogen-bond donors (Lipinski definition) is 0. The van der Waals surface area contributed by atoms with Crippen molar-refractivity contribution in [2.24, 2.45) is 0 Å². The van der Waals surface area contributed by atoms with Crippen LogP contribution in [0.1, 0.15) is 24.2 Å². The Bertz CT molecular complexity index is 341. The van der Waals surface area contributed by atoms with E-state index in [1.165, 1.54) is 0 Å². The van der Waals surface area contributed by atoms with E-state index in [0.717, 1.165) is 0 Å². The predicted octanol–water partition coefficient (Wildman–Crippen LogP) is 3.60. The van der Waals surface area contributed by atoms with Crippen molar-refractivity contribution >= 4 is 29.0 Å². The van der Waals surface area contributed by atoms with Gasteiger partial charge in [0.25, 0.3) is 0 Å². The van der Waals surface area contributed by atoms with Gasteiger partial charge in [-0.25, -0.2) is 0 Å². The molecule has 0 aliphatic heterocycles. The molecule has 0 unspecified atom stereocenters. The molecular formula is C11H12Cl2O2. The van der Waals surface area contributed by atoms with E-state index in [2.05, 4.69) is 0 Å². The molecule has 0 saturated carbocycles. The zero-order valence-corrected chi connectivity index (χ0v) is 10.1. The highest BCUT2D eigenvalue weighted by molar-refractivity contribution is 6.35. The Morgan fingerprint density at radius 2 is 1.80 bits per heavy atom. The van der Waals surface area contributed by atoms with Crippen LogP contribution < -0.4 is 0 Å². The molecule has 0 aliphatic rings. The van der Waals surface area contributed by atoms with Crippen LogP contribution >= 0.6 is 23.2 Å². The molecule has 1 aromatic carbocycles. The van der Waals surface area contributed by atoms with Gasteiger partial charge in [0.15, 0.2) is 5.78 Å². The normalized spacial score (nSPS) is 10.7. The largest absolute Gasteiger partial charge is 0.371 e. The second kappa shape index (κ2) is 5.50. The summed E-state index contributed by atoms with van der Waals surface area (Å²) in [6.07, 6.45) is 0.0311. The van der Waals surface area contributed by atoms with Gasteiger partial charge in [0, 0.05) is 15.6 Å². The minimum Gasteiger partial charge on any atom is -0.371 e. The maximum absolute atomic E-state index is 11.6. The molecule has 2 nitrogen and oxygen atoms in total. The van der Waals surface area contributed by atoms with Gasteiger partial charge in [-0.05, 0) is 32.0 Å². The Hall–Kier alpha value is -0.570. The first-order valence-corrected chi connectivity index (χ1v) is 5.35. The van der Waals surface area contributed by atoms with Gasteiger partial charge in [0.1, 0.15) is 6.61 Å². The average Bonchev–Trinajstić information content (AvgIpc) is 2.12. The smallest absolute Gasteiger partial charge is 0.188 e. The van der Waals surface area contributed by atoms with Crippen LogP contribution in [0.2, 0.25) is 10.0 Å². The minimum atomic E-state index is -0.117. The monoisotopic (exact) mass is 246 g/mol. The molecule has 0 N–H and O–H groups in total. The summed E-state index contributed by atoms with van der Waals surface area (Å²) < 4.78 is 5.20. The van der Waals surface area contributed by atoms with Crippen LogP contribution in [0.4, 0.5) is 0 Å². The Morgan fingerprint density at radius 3 is 2.27 bits per heavy atom. The third-order valence-corrected chi connectivity index (χ3v) is 2.17. The lowest BCUT2D eigenvalue weighted by molar-refractivity contribution is 0.0585. The highest BCUT2D eigenvalue weighted by Gasteiger charge is 2.08. The van der Waals surface area contributed by atoms with Gasteiger partial charge in [0.2, 0.25) is 0 Å². The number of halogens is 2. The fourth-order valence-corrected chi connectivity index (χ4v) is 1.57. The van der Waals surface area contributed by atoms with Gasteiger partial charge >= 0.3 is 0 Å². The van der Waals surface area contributed by atoms with Crippen LogP contribution in [0.15, 0.2) is 18.2 Å². The van der Waals surface area contributed by atoms with E-state index in [1.807, 2.05) is 13.8 Å². The Balaban J connectivity index is 2.73. The zero-order chi connectivity index (χ0) is 11.4. The molecule has 0 saturated heterocycles. The maximum Gasteiger partial charge on any atom is 0.188 e. The van der Waals surface area contributed by atoms with Crippen LogP contribution in [0.5, 0.6) is 0 Å². The number of ketones is 1. The van der Waals surface area contributed by atoms with Gasteiger partial charge in [-0.15, -0.1) is 0 Å². The zero-order valence-electron chi connectivity index (χ0n) is 8.59. The molecule has 0 atom stereocenters. The van der Waals surface area contributed by atoms with E-state index in [4.69, 9.17) is 27.9 Å². The number of carbonyl (C=O) groups excluding carboxylic acids is 1. The fraction of sp³-hybridized carbons (Fsp3) is 0.364. The van der Waals surface area contributed by atoms with E-state index < -0.39 is 0 Å². The molecule has 0 radical (unpaired) electrons. The molecule has 0 bridgehead atoms. The molecule has 0 fully saturated rings. The van der Waals surface area contributed by atoms with Crippen molar-refractivity contribution in [2.75, 3.05) is 6.61 Å². The highest BCUT2D eigenvalue weighted by Crippen LogP contribution is 2.19. The lowest BCUT2D eigenvalue weighted by Crippen LogP contribution is -2.13. The van der Waals surface area contributed by atoms with Crippen LogP contribution in [-0.4, -0.2) is 18.5 Å². The summed E-state index contributed by atoms with van der Waals surface area (Å²) >= 11 is 11.6. The third kappa shape index (κ3) is 4.20. The lowest BCUT2D eigenvalue weighted by atomic mass is 10.1. The lowest BCUT2D eigenvalue weighted by Gasteiger charge is -2.07. The van der Waals surface area contributed by atoms with Crippen molar-refractivity contribution in [1.29, 1.82) is 0 Å². The van der Waals surface area contributed by atoms with Gasteiger partial charge in [0.05, 0.1) is 6.10 Å². The standard InChI is InChI=1S/C11H12Cl2O2/c1-7(2)15-6-11(14)8-3-9(12)5-10(13)4-8/h3-5,7H,6H2,1-2H3. The molecule has 1 aromatic rings. The SMILES string of the molecule is CC(C)OCC(=O)c1cc(Cl)cc(Cl)c1. The number of carbonyl (C=O) groups is 1. The summed E-state index contributed by atoms with van der Waals surface area (Å²) in [5.74, 6) is -0.117. The fourth-order valence-electron chi connectivity index (χ4n) is 1.04. The van der Waals surface area contributed by atoms with E-state index >= 15 is 0 Å². The molecule has 0 amide bonds. The molecule has 4 heteroatoms. The van der Waals surface area contributed by atoms with E-state index in [1.54, 1.807) is 18.2 Å². The molecule has 0 heterocycles.